The SMILES string of the molecule is Cc1nc(COc2cccc([N+](=O)[O-])c2)cs1. The molecule has 0 radical (unpaired) electrons. The number of nitrogens with zero attached hydrogens (tertiary/aromatic N) is 2. The number of ether oxygens (including phenoxy) is 1. The molecule has 1 aromatic heterocycles. The minimum atomic E-state index is -0.445. The van der Waals surface area contributed by atoms with Gasteiger partial charge in [0.25, 0.3) is 5.69 Å². The third-order valence-corrected chi connectivity index (χ3v) is 2.90. The molecule has 1 heterocycles. The fourth-order valence-corrected chi connectivity index (χ4v) is 1.92. The van der Waals surface area contributed by atoms with Crippen LogP contribution < -0.4 is 4.74 Å². The summed E-state index contributed by atoms with van der Waals surface area (Å²) in [5, 5.41) is 13.5. The Morgan fingerprint density at radius 3 is 3.00 bits per heavy atom. The van der Waals surface area contributed by atoms with Crippen LogP contribution in [0.3, 0.4) is 0 Å². The number of nitro groups is 1. The summed E-state index contributed by atoms with van der Waals surface area (Å²) in [7, 11) is 0. The zero-order valence-corrected chi connectivity index (χ0v) is 9.94. The van der Waals surface area contributed by atoms with E-state index in [9.17, 15) is 10.1 Å². The lowest BCUT2D eigenvalue weighted by molar-refractivity contribution is -0.384. The summed E-state index contributed by atoms with van der Waals surface area (Å²) in [6, 6.07) is 6.12. The first-order valence-corrected chi connectivity index (χ1v) is 5.81. The zero-order valence-electron chi connectivity index (χ0n) is 9.12. The van der Waals surface area contributed by atoms with Crippen LogP contribution in [0, 0.1) is 17.0 Å². The van der Waals surface area contributed by atoms with E-state index in [1.54, 1.807) is 23.5 Å². The Labute approximate surface area is 102 Å². The molecule has 0 aliphatic heterocycles. The second-order valence-electron chi connectivity index (χ2n) is 3.40. The van der Waals surface area contributed by atoms with Gasteiger partial charge in [0, 0.05) is 11.4 Å². The monoisotopic (exact) mass is 250 g/mol. The predicted octanol–water partition coefficient (Wildman–Crippen LogP) is 2.94. The van der Waals surface area contributed by atoms with Crippen LogP contribution in [0.5, 0.6) is 5.75 Å². The number of thiazole rings is 1. The summed E-state index contributed by atoms with van der Waals surface area (Å²) in [6.07, 6.45) is 0. The van der Waals surface area contributed by atoms with Gasteiger partial charge >= 0.3 is 0 Å². The van der Waals surface area contributed by atoms with E-state index in [0.717, 1.165) is 10.7 Å². The van der Waals surface area contributed by atoms with E-state index < -0.39 is 4.92 Å². The van der Waals surface area contributed by atoms with Gasteiger partial charge in [-0.1, -0.05) is 6.07 Å². The van der Waals surface area contributed by atoms with E-state index in [4.69, 9.17) is 4.74 Å². The van der Waals surface area contributed by atoms with Gasteiger partial charge in [0.15, 0.2) is 0 Å². The molecule has 0 spiro atoms. The number of nitro benzene ring substituents is 1. The Kier molecular flexibility index (Phi) is 3.34. The molecule has 1 aromatic carbocycles. The molecular formula is C11H10N2O3S. The fourth-order valence-electron chi connectivity index (χ4n) is 1.32. The van der Waals surface area contributed by atoms with Crippen molar-refractivity contribution >= 4 is 17.0 Å². The maximum atomic E-state index is 10.6. The average molecular weight is 250 g/mol. The van der Waals surface area contributed by atoms with Crippen LogP contribution >= 0.6 is 11.3 Å². The van der Waals surface area contributed by atoms with Gasteiger partial charge in [0.2, 0.25) is 0 Å². The first-order chi connectivity index (χ1) is 8.15. The van der Waals surface area contributed by atoms with E-state index in [1.165, 1.54) is 12.1 Å². The molecule has 0 aliphatic rings. The molecule has 2 aromatic rings. The normalized spacial score (nSPS) is 10.2. The average Bonchev–Trinajstić information content (AvgIpc) is 2.73. The first kappa shape index (κ1) is 11.5. The predicted molar refractivity (Wildman–Crippen MR) is 64.3 cm³/mol. The molecule has 0 unspecified atom stereocenters. The van der Waals surface area contributed by atoms with Crippen LogP contribution in [0.25, 0.3) is 0 Å². The van der Waals surface area contributed by atoms with Crippen LogP contribution in [0.4, 0.5) is 5.69 Å². The second-order valence-corrected chi connectivity index (χ2v) is 4.46. The summed E-state index contributed by atoms with van der Waals surface area (Å²) in [5.41, 5.74) is 0.857. The van der Waals surface area contributed by atoms with Crippen LogP contribution in [0.15, 0.2) is 29.6 Å². The highest BCUT2D eigenvalue weighted by Gasteiger charge is 2.06. The molecule has 17 heavy (non-hydrogen) atoms. The number of hydrogen-bond acceptors (Lipinski definition) is 5. The topological polar surface area (TPSA) is 65.3 Å². The Morgan fingerprint density at radius 2 is 2.35 bits per heavy atom. The van der Waals surface area contributed by atoms with Crippen molar-refractivity contribution in [1.82, 2.24) is 4.98 Å². The lowest BCUT2D eigenvalue weighted by Gasteiger charge is -2.03. The van der Waals surface area contributed by atoms with Crippen molar-refractivity contribution in [3.63, 3.8) is 0 Å². The lowest BCUT2D eigenvalue weighted by atomic mass is 10.3. The van der Waals surface area contributed by atoms with Gasteiger partial charge in [0.05, 0.1) is 21.7 Å². The third-order valence-electron chi connectivity index (χ3n) is 2.08. The maximum Gasteiger partial charge on any atom is 0.273 e. The molecule has 0 bridgehead atoms. The molecule has 2 rings (SSSR count). The summed E-state index contributed by atoms with van der Waals surface area (Å²) in [6.45, 7) is 2.24. The minimum absolute atomic E-state index is 0.0250. The zero-order chi connectivity index (χ0) is 12.3. The molecule has 6 heteroatoms. The van der Waals surface area contributed by atoms with Crippen molar-refractivity contribution in [3.05, 3.63) is 50.5 Å². The van der Waals surface area contributed by atoms with Crippen molar-refractivity contribution in [2.24, 2.45) is 0 Å². The molecule has 0 saturated carbocycles. The van der Waals surface area contributed by atoms with E-state index in [-0.39, 0.29) is 5.69 Å². The van der Waals surface area contributed by atoms with Crippen molar-refractivity contribution in [1.29, 1.82) is 0 Å². The molecule has 88 valence electrons. The van der Waals surface area contributed by atoms with Crippen LogP contribution in [0.1, 0.15) is 10.7 Å². The van der Waals surface area contributed by atoms with Crippen molar-refractivity contribution in [3.8, 4) is 5.75 Å². The Bertz CT molecular complexity index is 539. The van der Waals surface area contributed by atoms with Gasteiger partial charge in [0.1, 0.15) is 12.4 Å². The number of aryl methyl sites for hydroxylation is 1. The van der Waals surface area contributed by atoms with Crippen molar-refractivity contribution in [2.75, 3.05) is 0 Å². The van der Waals surface area contributed by atoms with E-state index >= 15 is 0 Å². The van der Waals surface area contributed by atoms with Gasteiger partial charge in [-0.25, -0.2) is 4.98 Å². The number of non-ortho nitro benzene ring substituents is 1. The standard InChI is InChI=1S/C11H10N2O3S/c1-8-12-9(7-17-8)6-16-11-4-2-3-10(5-11)13(14)15/h2-5,7H,6H2,1H3. The molecule has 0 atom stereocenters. The Hall–Kier alpha value is -1.95. The largest absolute Gasteiger partial charge is 0.487 e. The van der Waals surface area contributed by atoms with Crippen molar-refractivity contribution in [2.45, 2.75) is 13.5 Å². The number of aromatic nitrogens is 1. The minimum Gasteiger partial charge on any atom is -0.487 e. The highest BCUT2D eigenvalue weighted by atomic mass is 32.1. The van der Waals surface area contributed by atoms with Crippen molar-refractivity contribution < 1.29 is 9.66 Å². The molecule has 0 aliphatic carbocycles. The maximum absolute atomic E-state index is 10.6. The molecule has 5 nitrogen and oxygen atoms in total. The van der Waals surface area contributed by atoms with Gasteiger partial charge in [-0.15, -0.1) is 11.3 Å². The van der Waals surface area contributed by atoms with Crippen LogP contribution in [-0.2, 0) is 6.61 Å². The molecular weight excluding hydrogens is 240 g/mol. The number of benzene rings is 1. The summed E-state index contributed by atoms with van der Waals surface area (Å²) in [4.78, 5) is 14.4. The lowest BCUT2D eigenvalue weighted by Crippen LogP contribution is -1.96. The van der Waals surface area contributed by atoms with Crippen LogP contribution in [0.2, 0.25) is 0 Å². The Balaban J connectivity index is 2.04. The molecule has 0 saturated heterocycles. The molecule has 0 N–H and O–H groups in total. The van der Waals surface area contributed by atoms with E-state index in [0.29, 0.717) is 12.4 Å². The number of hydrogen-bond donors (Lipinski definition) is 0. The van der Waals surface area contributed by atoms with Gasteiger partial charge in [-0.3, -0.25) is 10.1 Å². The first-order valence-electron chi connectivity index (χ1n) is 4.93. The molecule has 0 amide bonds. The Morgan fingerprint density at radius 1 is 1.53 bits per heavy atom. The van der Waals surface area contributed by atoms with E-state index in [1.807, 2.05) is 12.3 Å². The van der Waals surface area contributed by atoms with Gasteiger partial charge in [-0.05, 0) is 13.0 Å². The molecule has 0 fully saturated rings. The summed E-state index contributed by atoms with van der Waals surface area (Å²) in [5.74, 6) is 0.477. The second kappa shape index (κ2) is 4.92. The smallest absolute Gasteiger partial charge is 0.273 e. The van der Waals surface area contributed by atoms with E-state index in [2.05, 4.69) is 4.98 Å². The highest BCUT2D eigenvalue weighted by Crippen LogP contribution is 2.20. The quantitative estimate of drug-likeness (QED) is 0.618. The van der Waals surface area contributed by atoms with Gasteiger partial charge in [-0.2, -0.15) is 0 Å². The van der Waals surface area contributed by atoms with Gasteiger partial charge < -0.3 is 4.74 Å². The third kappa shape index (κ3) is 3.01. The number of rotatable bonds is 4. The summed E-state index contributed by atoms with van der Waals surface area (Å²) < 4.78 is 5.44. The van der Waals surface area contributed by atoms with Crippen LogP contribution in [-0.4, -0.2) is 9.91 Å². The highest BCUT2D eigenvalue weighted by molar-refractivity contribution is 7.09. The summed E-state index contributed by atoms with van der Waals surface area (Å²) >= 11 is 1.55. The fraction of sp³-hybridized carbons (Fsp3) is 0.182.